The first-order valence-corrected chi connectivity index (χ1v) is 4.64. The Hall–Kier alpha value is -1.16. The van der Waals surface area contributed by atoms with Crippen molar-refractivity contribution in [3.05, 3.63) is 18.2 Å². The second kappa shape index (κ2) is 3.70. The number of imidazole rings is 1. The minimum absolute atomic E-state index is 0.00537. The number of aromatic nitrogens is 2. The fourth-order valence-electron chi connectivity index (χ4n) is 1.65. The molecule has 1 fully saturated rings. The quantitative estimate of drug-likeness (QED) is 0.658. The number of ketones is 1. The summed E-state index contributed by atoms with van der Waals surface area (Å²) in [6.45, 7) is 0.949. The number of hydrogen-bond acceptors (Lipinski definition) is 3. The van der Waals surface area contributed by atoms with Crippen LogP contribution in [0.2, 0.25) is 0 Å². The van der Waals surface area contributed by atoms with Gasteiger partial charge in [0, 0.05) is 0 Å². The molecule has 1 aliphatic rings. The van der Waals surface area contributed by atoms with Gasteiger partial charge in [0.15, 0.2) is 5.78 Å². The normalized spacial score (nSPS) is 22.9. The van der Waals surface area contributed by atoms with Crippen LogP contribution in [0, 0.1) is 0 Å². The van der Waals surface area contributed by atoms with Gasteiger partial charge in [0.05, 0.1) is 18.6 Å². The van der Waals surface area contributed by atoms with Crippen molar-refractivity contribution >= 4 is 5.78 Å². The molecule has 13 heavy (non-hydrogen) atoms. The fourth-order valence-corrected chi connectivity index (χ4v) is 1.65. The van der Waals surface area contributed by atoms with E-state index in [0.29, 0.717) is 5.69 Å². The van der Waals surface area contributed by atoms with Crippen molar-refractivity contribution in [2.45, 2.75) is 25.3 Å². The van der Waals surface area contributed by atoms with Crippen LogP contribution < -0.4 is 5.32 Å². The number of piperidine rings is 1. The van der Waals surface area contributed by atoms with Crippen LogP contribution in [0.1, 0.15) is 29.8 Å². The zero-order valence-corrected chi connectivity index (χ0v) is 7.42. The number of carbonyl (C=O) groups excluding carboxylic acids is 1. The Bertz CT molecular complexity index is 275. The van der Waals surface area contributed by atoms with Crippen molar-refractivity contribution in [2.24, 2.45) is 0 Å². The third-order valence-electron chi connectivity index (χ3n) is 2.39. The van der Waals surface area contributed by atoms with Crippen molar-refractivity contribution in [3.8, 4) is 0 Å². The summed E-state index contributed by atoms with van der Waals surface area (Å²) in [6, 6.07) is -0.00537. The Morgan fingerprint density at radius 3 is 3.08 bits per heavy atom. The van der Waals surface area contributed by atoms with Crippen LogP contribution in [0.25, 0.3) is 0 Å². The van der Waals surface area contributed by atoms with E-state index < -0.39 is 0 Å². The molecular formula is C9H13N3O. The molecule has 0 amide bonds. The monoisotopic (exact) mass is 179 g/mol. The van der Waals surface area contributed by atoms with Crippen LogP contribution in [0.15, 0.2) is 12.5 Å². The summed E-state index contributed by atoms with van der Waals surface area (Å²) in [7, 11) is 0. The van der Waals surface area contributed by atoms with E-state index in [1.807, 2.05) is 0 Å². The topological polar surface area (TPSA) is 57.8 Å². The van der Waals surface area contributed by atoms with E-state index in [2.05, 4.69) is 15.3 Å². The van der Waals surface area contributed by atoms with Crippen LogP contribution in [0.5, 0.6) is 0 Å². The molecule has 0 bridgehead atoms. The zero-order valence-electron chi connectivity index (χ0n) is 7.42. The van der Waals surface area contributed by atoms with E-state index in [0.717, 1.165) is 19.4 Å². The maximum atomic E-state index is 11.7. The molecule has 4 nitrogen and oxygen atoms in total. The minimum Gasteiger partial charge on any atom is -0.342 e. The number of Topliss-reactive ketones (excluding diaryl/α,β-unsaturated/α-hetero) is 1. The number of hydrogen-bond donors (Lipinski definition) is 2. The first kappa shape index (κ1) is 8.44. The average molecular weight is 179 g/mol. The van der Waals surface area contributed by atoms with Gasteiger partial charge in [-0.15, -0.1) is 0 Å². The van der Waals surface area contributed by atoms with E-state index in [9.17, 15) is 4.79 Å². The van der Waals surface area contributed by atoms with E-state index in [4.69, 9.17) is 0 Å². The Kier molecular flexibility index (Phi) is 2.40. The first-order valence-electron chi connectivity index (χ1n) is 4.64. The summed E-state index contributed by atoms with van der Waals surface area (Å²) in [5.74, 6) is 0.136. The zero-order chi connectivity index (χ0) is 9.10. The molecule has 0 spiro atoms. The summed E-state index contributed by atoms with van der Waals surface area (Å²) in [4.78, 5) is 18.4. The van der Waals surface area contributed by atoms with Gasteiger partial charge in [-0.1, -0.05) is 6.42 Å². The molecule has 2 heterocycles. The van der Waals surface area contributed by atoms with Crippen molar-refractivity contribution in [3.63, 3.8) is 0 Å². The molecule has 1 saturated heterocycles. The highest BCUT2D eigenvalue weighted by Crippen LogP contribution is 2.10. The second-order valence-electron chi connectivity index (χ2n) is 3.33. The lowest BCUT2D eigenvalue weighted by Gasteiger charge is -2.21. The third-order valence-corrected chi connectivity index (χ3v) is 2.39. The molecule has 0 aromatic carbocycles. The lowest BCUT2D eigenvalue weighted by Crippen LogP contribution is -2.40. The van der Waals surface area contributed by atoms with Crippen LogP contribution >= 0.6 is 0 Å². The van der Waals surface area contributed by atoms with Crippen LogP contribution in [-0.2, 0) is 0 Å². The molecular weight excluding hydrogens is 166 g/mol. The second-order valence-corrected chi connectivity index (χ2v) is 3.33. The lowest BCUT2D eigenvalue weighted by atomic mass is 10.00. The van der Waals surface area contributed by atoms with Gasteiger partial charge >= 0.3 is 0 Å². The fraction of sp³-hybridized carbons (Fsp3) is 0.556. The molecule has 70 valence electrons. The van der Waals surface area contributed by atoms with Crippen LogP contribution in [0.3, 0.4) is 0 Å². The molecule has 0 aliphatic carbocycles. The van der Waals surface area contributed by atoms with Gasteiger partial charge in [-0.3, -0.25) is 4.79 Å². The standard InChI is InChI=1S/C9H13N3O/c13-9(8-5-10-6-12-8)7-3-1-2-4-11-7/h5-7,11H,1-4H2,(H,10,12). The van der Waals surface area contributed by atoms with Crippen molar-refractivity contribution in [1.82, 2.24) is 15.3 Å². The maximum Gasteiger partial charge on any atom is 0.197 e. The lowest BCUT2D eigenvalue weighted by molar-refractivity contribution is 0.0922. The van der Waals surface area contributed by atoms with Gasteiger partial charge in [-0.25, -0.2) is 4.98 Å². The number of H-pyrrole nitrogens is 1. The molecule has 1 aromatic heterocycles. The first-order chi connectivity index (χ1) is 6.38. The predicted molar refractivity (Wildman–Crippen MR) is 48.6 cm³/mol. The molecule has 4 heteroatoms. The third kappa shape index (κ3) is 1.78. The maximum absolute atomic E-state index is 11.7. The molecule has 1 aromatic rings. The van der Waals surface area contributed by atoms with Gasteiger partial charge in [0.2, 0.25) is 0 Å². The van der Waals surface area contributed by atoms with Crippen molar-refractivity contribution in [2.75, 3.05) is 6.54 Å². The Labute approximate surface area is 76.8 Å². The smallest absolute Gasteiger partial charge is 0.197 e. The molecule has 1 aliphatic heterocycles. The summed E-state index contributed by atoms with van der Waals surface area (Å²) in [6.07, 6.45) is 6.37. The Morgan fingerprint density at radius 1 is 1.54 bits per heavy atom. The average Bonchev–Trinajstić information content (AvgIpc) is 2.71. The molecule has 1 unspecified atom stereocenters. The van der Waals surface area contributed by atoms with Gasteiger partial charge in [0.1, 0.15) is 5.69 Å². The SMILES string of the molecule is O=C(c1cnc[nH]1)C1CCCCN1. The molecule has 0 saturated carbocycles. The Morgan fingerprint density at radius 2 is 2.46 bits per heavy atom. The highest BCUT2D eigenvalue weighted by Gasteiger charge is 2.22. The summed E-state index contributed by atoms with van der Waals surface area (Å²) < 4.78 is 0. The number of nitrogens with one attached hydrogen (secondary N) is 2. The Balaban J connectivity index is 2.04. The van der Waals surface area contributed by atoms with E-state index in [1.165, 1.54) is 12.7 Å². The molecule has 2 rings (SSSR count). The van der Waals surface area contributed by atoms with Crippen LogP contribution in [-0.4, -0.2) is 28.3 Å². The van der Waals surface area contributed by atoms with Crippen LogP contribution in [0.4, 0.5) is 0 Å². The largest absolute Gasteiger partial charge is 0.342 e. The van der Waals surface area contributed by atoms with E-state index >= 15 is 0 Å². The van der Waals surface area contributed by atoms with Gasteiger partial charge < -0.3 is 10.3 Å². The number of carbonyl (C=O) groups is 1. The van der Waals surface area contributed by atoms with Gasteiger partial charge in [-0.2, -0.15) is 0 Å². The summed E-state index contributed by atoms with van der Waals surface area (Å²) in [5.41, 5.74) is 0.611. The number of nitrogens with zero attached hydrogens (tertiary/aromatic N) is 1. The molecule has 0 radical (unpaired) electrons. The summed E-state index contributed by atoms with van der Waals surface area (Å²) in [5, 5.41) is 3.21. The number of rotatable bonds is 2. The summed E-state index contributed by atoms with van der Waals surface area (Å²) >= 11 is 0. The highest BCUT2D eigenvalue weighted by molar-refractivity contribution is 5.98. The van der Waals surface area contributed by atoms with Gasteiger partial charge in [-0.05, 0) is 19.4 Å². The predicted octanol–water partition coefficient (Wildman–Crippen LogP) is 0.734. The molecule has 1 atom stereocenters. The van der Waals surface area contributed by atoms with Crippen molar-refractivity contribution < 1.29 is 4.79 Å². The van der Waals surface area contributed by atoms with E-state index in [1.54, 1.807) is 6.20 Å². The minimum atomic E-state index is -0.00537. The molecule has 2 N–H and O–H groups in total. The highest BCUT2D eigenvalue weighted by atomic mass is 16.1. The number of aromatic amines is 1. The van der Waals surface area contributed by atoms with E-state index in [-0.39, 0.29) is 11.8 Å². The van der Waals surface area contributed by atoms with Crippen molar-refractivity contribution in [1.29, 1.82) is 0 Å². The van der Waals surface area contributed by atoms with Gasteiger partial charge in [0.25, 0.3) is 0 Å².